The minimum Gasteiger partial charge on any atom is -0.366 e. The van der Waals surface area contributed by atoms with E-state index in [9.17, 15) is 9.59 Å². The number of hydrogen-bond donors (Lipinski definition) is 1. The normalized spacial score (nSPS) is 14.9. The summed E-state index contributed by atoms with van der Waals surface area (Å²) >= 11 is 4.93. The third kappa shape index (κ3) is 3.13. The monoisotopic (exact) mass is 374 g/mol. The number of aliphatic imine (C=N–C) groups is 1. The van der Waals surface area contributed by atoms with Crippen LogP contribution in [0.2, 0.25) is 0 Å². The maximum atomic E-state index is 12.2. The van der Waals surface area contributed by atoms with Gasteiger partial charge in [-0.05, 0) is 42.0 Å². The zero-order valence-electron chi connectivity index (χ0n) is 11.4. The summed E-state index contributed by atoms with van der Waals surface area (Å²) in [5.74, 6) is -0.924. The number of fused-ring (bicyclic) bond motifs is 1. The maximum absolute atomic E-state index is 12.2. The molecule has 1 aliphatic rings. The predicted molar refractivity (Wildman–Crippen MR) is 90.4 cm³/mol. The van der Waals surface area contributed by atoms with Crippen molar-refractivity contribution in [2.75, 3.05) is 0 Å². The van der Waals surface area contributed by atoms with Gasteiger partial charge in [-0.15, -0.1) is 0 Å². The van der Waals surface area contributed by atoms with E-state index >= 15 is 0 Å². The molecule has 0 atom stereocenters. The Labute approximate surface area is 139 Å². The SMILES string of the molecule is NC(=O)c1cccc(C(=O)N=C2Cc3cc(Br)ccc3S2)c1. The number of carbonyl (C=O) groups excluding carboxylic acids is 2. The summed E-state index contributed by atoms with van der Waals surface area (Å²) < 4.78 is 1.01. The van der Waals surface area contributed by atoms with Crippen molar-refractivity contribution in [1.29, 1.82) is 0 Å². The summed E-state index contributed by atoms with van der Waals surface area (Å²) in [7, 11) is 0. The molecule has 0 saturated carbocycles. The van der Waals surface area contributed by atoms with Gasteiger partial charge in [-0.3, -0.25) is 9.59 Å². The number of halogens is 1. The summed E-state index contributed by atoms with van der Waals surface area (Å²) in [5.41, 5.74) is 7.04. The highest BCUT2D eigenvalue weighted by atomic mass is 79.9. The van der Waals surface area contributed by atoms with Crippen molar-refractivity contribution < 1.29 is 9.59 Å². The molecule has 2 aromatic carbocycles. The smallest absolute Gasteiger partial charge is 0.277 e. The lowest BCUT2D eigenvalue weighted by molar-refractivity contribution is 0.0999. The Morgan fingerprint density at radius 2 is 1.91 bits per heavy atom. The highest BCUT2D eigenvalue weighted by Gasteiger charge is 2.19. The summed E-state index contributed by atoms with van der Waals surface area (Å²) in [4.78, 5) is 28.7. The molecule has 22 heavy (non-hydrogen) atoms. The van der Waals surface area contributed by atoms with Gasteiger partial charge in [0.1, 0.15) is 0 Å². The average Bonchev–Trinajstić information content (AvgIpc) is 2.88. The van der Waals surface area contributed by atoms with Crippen LogP contribution in [0.15, 0.2) is 56.8 Å². The zero-order chi connectivity index (χ0) is 15.7. The van der Waals surface area contributed by atoms with Gasteiger partial charge in [0.05, 0.1) is 5.04 Å². The number of benzene rings is 2. The average molecular weight is 375 g/mol. The fourth-order valence-electron chi connectivity index (χ4n) is 2.16. The number of hydrogen-bond acceptors (Lipinski definition) is 3. The Kier molecular flexibility index (Phi) is 4.13. The van der Waals surface area contributed by atoms with Gasteiger partial charge in [0.15, 0.2) is 0 Å². The largest absolute Gasteiger partial charge is 0.366 e. The molecule has 0 aliphatic carbocycles. The minimum absolute atomic E-state index is 0.303. The van der Waals surface area contributed by atoms with Crippen LogP contribution in [0.25, 0.3) is 0 Å². The van der Waals surface area contributed by atoms with E-state index < -0.39 is 5.91 Å². The van der Waals surface area contributed by atoms with Crippen LogP contribution in [0.1, 0.15) is 26.3 Å². The Balaban J connectivity index is 1.83. The molecule has 4 nitrogen and oxygen atoms in total. The maximum Gasteiger partial charge on any atom is 0.277 e. The number of amides is 2. The summed E-state index contributed by atoms with van der Waals surface area (Å²) in [6.45, 7) is 0. The first-order valence-electron chi connectivity index (χ1n) is 6.51. The fraction of sp³-hybridized carbons (Fsp3) is 0.0625. The Morgan fingerprint density at radius 1 is 1.14 bits per heavy atom. The number of nitrogens with zero attached hydrogens (tertiary/aromatic N) is 1. The van der Waals surface area contributed by atoms with Crippen LogP contribution in [0, 0.1) is 0 Å². The molecule has 3 rings (SSSR count). The lowest BCUT2D eigenvalue weighted by Gasteiger charge is -1.99. The van der Waals surface area contributed by atoms with Crippen LogP contribution in [0.4, 0.5) is 0 Å². The summed E-state index contributed by atoms with van der Waals surface area (Å²) in [6.07, 6.45) is 0.640. The van der Waals surface area contributed by atoms with E-state index in [2.05, 4.69) is 20.9 Å². The fourth-order valence-corrected chi connectivity index (χ4v) is 3.57. The molecule has 6 heteroatoms. The molecule has 0 bridgehead atoms. The molecule has 0 unspecified atom stereocenters. The molecule has 0 fully saturated rings. The van der Waals surface area contributed by atoms with E-state index in [1.54, 1.807) is 18.2 Å². The highest BCUT2D eigenvalue weighted by Crippen LogP contribution is 2.35. The number of nitrogens with two attached hydrogens (primary N) is 1. The molecule has 2 aromatic rings. The molecule has 1 aliphatic heterocycles. The van der Waals surface area contributed by atoms with Crippen molar-refractivity contribution in [2.45, 2.75) is 11.3 Å². The molecular weight excluding hydrogens is 364 g/mol. The van der Waals surface area contributed by atoms with Crippen LogP contribution >= 0.6 is 27.7 Å². The van der Waals surface area contributed by atoms with Crippen LogP contribution in [-0.4, -0.2) is 16.9 Å². The van der Waals surface area contributed by atoms with Crippen molar-refractivity contribution in [2.24, 2.45) is 10.7 Å². The molecule has 2 N–H and O–H groups in total. The predicted octanol–water partition coefficient (Wildman–Crippen LogP) is 3.44. The molecule has 2 amide bonds. The van der Waals surface area contributed by atoms with E-state index in [1.807, 2.05) is 18.2 Å². The lowest BCUT2D eigenvalue weighted by atomic mass is 10.1. The first kappa shape index (κ1) is 15.0. The molecule has 0 radical (unpaired) electrons. The first-order chi connectivity index (χ1) is 10.5. The third-order valence-corrected chi connectivity index (χ3v) is 4.79. The van der Waals surface area contributed by atoms with Gasteiger partial charge in [-0.25, -0.2) is 4.99 Å². The molecule has 0 saturated heterocycles. The standard InChI is InChI=1S/C16H11BrN2O2S/c17-12-4-5-13-11(7-12)8-14(22-13)19-16(21)10-3-1-2-9(6-10)15(18)20/h1-7H,8H2,(H2,18,20). The van der Waals surface area contributed by atoms with E-state index in [4.69, 9.17) is 5.73 Å². The second kappa shape index (κ2) is 6.06. The second-order valence-corrected chi connectivity index (χ2v) is 6.82. The molecule has 110 valence electrons. The Bertz CT molecular complexity index is 818. The summed E-state index contributed by atoms with van der Waals surface area (Å²) in [5, 5.41) is 0.752. The number of thioether (sulfide) groups is 1. The lowest BCUT2D eigenvalue weighted by Crippen LogP contribution is -2.11. The highest BCUT2D eigenvalue weighted by molar-refractivity contribution is 9.10. The molecule has 0 spiro atoms. The van der Waals surface area contributed by atoms with Crippen LogP contribution in [0.5, 0.6) is 0 Å². The first-order valence-corrected chi connectivity index (χ1v) is 8.12. The van der Waals surface area contributed by atoms with E-state index in [-0.39, 0.29) is 5.91 Å². The van der Waals surface area contributed by atoms with Gasteiger partial charge in [0.2, 0.25) is 5.91 Å². The summed E-state index contributed by atoms with van der Waals surface area (Å²) in [6, 6.07) is 12.3. The van der Waals surface area contributed by atoms with E-state index in [0.29, 0.717) is 17.5 Å². The molecule has 0 aromatic heterocycles. The quantitative estimate of drug-likeness (QED) is 0.874. The number of rotatable bonds is 2. The van der Waals surface area contributed by atoms with Gasteiger partial charge in [0.25, 0.3) is 5.91 Å². The van der Waals surface area contributed by atoms with Crippen LogP contribution in [-0.2, 0) is 6.42 Å². The van der Waals surface area contributed by atoms with Gasteiger partial charge in [0, 0.05) is 26.9 Å². The van der Waals surface area contributed by atoms with Gasteiger partial charge in [-0.1, -0.05) is 33.8 Å². The second-order valence-electron chi connectivity index (χ2n) is 4.79. The van der Waals surface area contributed by atoms with Crippen molar-refractivity contribution in [3.05, 3.63) is 63.6 Å². The van der Waals surface area contributed by atoms with Gasteiger partial charge in [-0.2, -0.15) is 0 Å². The molecule has 1 heterocycles. The minimum atomic E-state index is -0.560. The Morgan fingerprint density at radius 3 is 2.68 bits per heavy atom. The van der Waals surface area contributed by atoms with E-state index in [0.717, 1.165) is 20.0 Å². The van der Waals surface area contributed by atoms with Crippen LogP contribution < -0.4 is 5.73 Å². The van der Waals surface area contributed by atoms with Crippen molar-refractivity contribution in [1.82, 2.24) is 0 Å². The third-order valence-electron chi connectivity index (χ3n) is 3.21. The van der Waals surface area contributed by atoms with Crippen molar-refractivity contribution in [3.63, 3.8) is 0 Å². The van der Waals surface area contributed by atoms with Gasteiger partial charge >= 0.3 is 0 Å². The topological polar surface area (TPSA) is 72.5 Å². The number of primary amides is 1. The number of carbonyl (C=O) groups is 2. The van der Waals surface area contributed by atoms with Crippen molar-refractivity contribution in [3.8, 4) is 0 Å². The molecular formula is C16H11BrN2O2S. The van der Waals surface area contributed by atoms with E-state index in [1.165, 1.54) is 17.8 Å². The van der Waals surface area contributed by atoms with Crippen molar-refractivity contribution >= 4 is 44.5 Å². The van der Waals surface area contributed by atoms with Gasteiger partial charge < -0.3 is 5.73 Å². The Hall–Kier alpha value is -1.92. The van der Waals surface area contributed by atoms with Crippen LogP contribution in [0.3, 0.4) is 0 Å². The zero-order valence-corrected chi connectivity index (χ0v) is 13.8.